The summed E-state index contributed by atoms with van der Waals surface area (Å²) in [4.78, 5) is 48.2. The summed E-state index contributed by atoms with van der Waals surface area (Å²) in [6.07, 6.45) is 3.33. The van der Waals surface area contributed by atoms with Gasteiger partial charge >= 0.3 is 0 Å². The number of benzene rings is 1. The molecule has 1 aliphatic rings. The molecule has 0 radical (unpaired) electrons. The quantitative estimate of drug-likeness (QED) is 0.453. The maximum Gasteiger partial charge on any atom is 0.287 e. The molecule has 4 aromatic rings. The molecule has 0 unspecified atom stereocenters. The molecule has 1 aromatic carbocycles. The Bertz CT molecular complexity index is 1380. The molecular formula is C21H15N5O4S. The second kappa shape index (κ2) is 7.65. The van der Waals surface area contributed by atoms with Crippen LogP contribution >= 0.6 is 11.3 Å². The lowest BCUT2D eigenvalue weighted by Crippen LogP contribution is -2.28. The third-order valence-electron chi connectivity index (χ3n) is 4.76. The third-order valence-corrected chi connectivity index (χ3v) is 5.63. The zero-order valence-electron chi connectivity index (χ0n) is 16.0. The van der Waals surface area contributed by atoms with Crippen molar-refractivity contribution in [3.05, 3.63) is 69.8 Å². The minimum Gasteiger partial charge on any atom is -0.482 e. The Morgan fingerprint density at radius 3 is 3.00 bits per heavy atom. The number of anilines is 1. The summed E-state index contributed by atoms with van der Waals surface area (Å²) in [7, 11) is 0. The van der Waals surface area contributed by atoms with Crippen molar-refractivity contribution in [2.45, 2.75) is 6.54 Å². The largest absolute Gasteiger partial charge is 0.482 e. The fourth-order valence-corrected chi connectivity index (χ4v) is 4.25. The Morgan fingerprint density at radius 2 is 2.16 bits per heavy atom. The highest BCUT2D eigenvalue weighted by molar-refractivity contribution is 7.17. The smallest absolute Gasteiger partial charge is 0.287 e. The van der Waals surface area contributed by atoms with E-state index in [1.807, 2.05) is 11.4 Å². The Kier molecular flexibility index (Phi) is 4.68. The van der Waals surface area contributed by atoms with Crippen molar-refractivity contribution in [1.82, 2.24) is 20.3 Å². The number of amides is 2. The number of carbonyl (C=O) groups is 2. The first-order chi connectivity index (χ1) is 15.1. The number of hydrogen-bond acceptors (Lipinski definition) is 7. The molecule has 5 rings (SSSR count). The van der Waals surface area contributed by atoms with Crippen LogP contribution in [0.1, 0.15) is 16.2 Å². The van der Waals surface area contributed by atoms with Gasteiger partial charge in [-0.2, -0.15) is 0 Å². The fourth-order valence-electron chi connectivity index (χ4n) is 3.30. The summed E-state index contributed by atoms with van der Waals surface area (Å²) in [6, 6.07) is 8.90. The lowest BCUT2D eigenvalue weighted by Gasteiger charge is -2.18. The molecule has 1 aliphatic heterocycles. The molecule has 0 bridgehead atoms. The number of nitrogens with one attached hydrogen (secondary N) is 3. The molecule has 0 saturated heterocycles. The van der Waals surface area contributed by atoms with Crippen LogP contribution in [0.3, 0.4) is 0 Å². The average Bonchev–Trinajstić information content (AvgIpc) is 3.22. The Hall–Kier alpha value is -4.05. The minimum absolute atomic E-state index is 0.0180. The van der Waals surface area contributed by atoms with Gasteiger partial charge in [-0.15, -0.1) is 11.3 Å². The maximum absolute atomic E-state index is 12.7. The van der Waals surface area contributed by atoms with Crippen molar-refractivity contribution in [3.8, 4) is 16.9 Å². The highest BCUT2D eigenvalue weighted by atomic mass is 32.1. The van der Waals surface area contributed by atoms with E-state index >= 15 is 0 Å². The Morgan fingerprint density at radius 1 is 1.26 bits per heavy atom. The van der Waals surface area contributed by atoms with Crippen LogP contribution in [-0.4, -0.2) is 33.4 Å². The number of rotatable bonds is 4. The number of hydrogen-bond donors (Lipinski definition) is 3. The number of fused-ring (bicyclic) bond motifs is 2. The molecule has 154 valence electrons. The number of carbonyl (C=O) groups excluding carboxylic acids is 2. The molecule has 3 aromatic heterocycles. The molecular weight excluding hydrogens is 418 g/mol. The monoisotopic (exact) mass is 433 g/mol. The Balaban J connectivity index is 1.36. The SMILES string of the molecule is O=C1COc2ccc(CNC(=O)c3nc4scc(-c5cccnc5)c4c(=O)[nH]3)cc2N1. The van der Waals surface area contributed by atoms with E-state index < -0.39 is 5.91 Å². The van der Waals surface area contributed by atoms with Crippen LogP contribution in [0.2, 0.25) is 0 Å². The number of aromatic amines is 1. The average molecular weight is 433 g/mol. The van der Waals surface area contributed by atoms with Gasteiger partial charge < -0.3 is 20.4 Å². The molecule has 0 fully saturated rings. The van der Waals surface area contributed by atoms with E-state index in [1.54, 1.807) is 36.7 Å². The van der Waals surface area contributed by atoms with Crippen molar-refractivity contribution in [1.29, 1.82) is 0 Å². The van der Waals surface area contributed by atoms with Gasteiger partial charge in [-0.05, 0) is 23.8 Å². The van der Waals surface area contributed by atoms with Gasteiger partial charge in [0.2, 0.25) is 5.82 Å². The van der Waals surface area contributed by atoms with E-state index in [1.165, 1.54) is 11.3 Å². The molecule has 10 heteroatoms. The second-order valence-electron chi connectivity index (χ2n) is 6.84. The van der Waals surface area contributed by atoms with Crippen molar-refractivity contribution >= 4 is 39.1 Å². The number of pyridine rings is 1. The van der Waals surface area contributed by atoms with Crippen molar-refractivity contribution in [2.75, 3.05) is 11.9 Å². The predicted molar refractivity (Wildman–Crippen MR) is 115 cm³/mol. The van der Waals surface area contributed by atoms with Gasteiger partial charge in [-0.3, -0.25) is 19.4 Å². The molecule has 0 atom stereocenters. The zero-order chi connectivity index (χ0) is 21.4. The Labute approximate surface area is 179 Å². The first kappa shape index (κ1) is 18.9. The van der Waals surface area contributed by atoms with Crippen LogP contribution in [-0.2, 0) is 11.3 Å². The molecule has 3 N–H and O–H groups in total. The van der Waals surface area contributed by atoms with Crippen molar-refractivity contribution in [2.24, 2.45) is 0 Å². The molecule has 0 aliphatic carbocycles. The molecule has 2 amide bonds. The van der Waals surface area contributed by atoms with E-state index in [0.29, 0.717) is 21.7 Å². The lowest BCUT2D eigenvalue weighted by atomic mass is 10.1. The van der Waals surface area contributed by atoms with Crippen LogP contribution in [0.25, 0.3) is 21.3 Å². The van der Waals surface area contributed by atoms with Gasteiger partial charge in [0.05, 0.1) is 11.1 Å². The number of nitrogens with zero attached hydrogens (tertiary/aromatic N) is 2. The number of aromatic nitrogens is 3. The van der Waals surface area contributed by atoms with Crippen LogP contribution in [0.4, 0.5) is 5.69 Å². The zero-order valence-corrected chi connectivity index (χ0v) is 16.8. The fraction of sp³-hybridized carbons (Fsp3) is 0.0952. The molecule has 4 heterocycles. The van der Waals surface area contributed by atoms with Gasteiger partial charge in [0.25, 0.3) is 17.4 Å². The summed E-state index contributed by atoms with van der Waals surface area (Å²) in [5, 5.41) is 7.72. The summed E-state index contributed by atoms with van der Waals surface area (Å²) >= 11 is 1.29. The second-order valence-corrected chi connectivity index (χ2v) is 7.69. The topological polar surface area (TPSA) is 126 Å². The van der Waals surface area contributed by atoms with E-state index in [2.05, 4.69) is 25.6 Å². The van der Waals surface area contributed by atoms with Gasteiger partial charge in [0.1, 0.15) is 10.6 Å². The molecule has 9 nitrogen and oxygen atoms in total. The first-order valence-electron chi connectivity index (χ1n) is 9.34. The maximum atomic E-state index is 12.7. The van der Waals surface area contributed by atoms with Gasteiger partial charge in [-0.25, -0.2) is 4.98 Å². The molecule has 0 spiro atoms. The van der Waals surface area contributed by atoms with Gasteiger partial charge in [0, 0.05) is 35.4 Å². The molecule has 0 saturated carbocycles. The van der Waals surface area contributed by atoms with Crippen molar-refractivity contribution < 1.29 is 14.3 Å². The molecule has 31 heavy (non-hydrogen) atoms. The number of H-pyrrole nitrogens is 1. The van der Waals surface area contributed by atoms with Crippen molar-refractivity contribution in [3.63, 3.8) is 0 Å². The number of ether oxygens (including phenoxy) is 1. The van der Waals surface area contributed by atoms with E-state index in [9.17, 15) is 14.4 Å². The van der Waals surface area contributed by atoms with Crippen LogP contribution in [0.15, 0.2) is 52.9 Å². The summed E-state index contributed by atoms with van der Waals surface area (Å²) < 4.78 is 5.32. The lowest BCUT2D eigenvalue weighted by molar-refractivity contribution is -0.118. The van der Waals surface area contributed by atoms with E-state index in [4.69, 9.17) is 4.74 Å². The van der Waals surface area contributed by atoms with Crippen LogP contribution in [0, 0.1) is 0 Å². The first-order valence-corrected chi connectivity index (χ1v) is 10.2. The summed E-state index contributed by atoms with van der Waals surface area (Å²) in [5.74, 6) is -0.223. The van der Waals surface area contributed by atoms with Gasteiger partial charge in [-0.1, -0.05) is 12.1 Å². The van der Waals surface area contributed by atoms with Crippen LogP contribution < -0.4 is 20.9 Å². The highest BCUT2D eigenvalue weighted by Gasteiger charge is 2.18. The summed E-state index contributed by atoms with van der Waals surface area (Å²) in [6.45, 7) is 0.172. The van der Waals surface area contributed by atoms with Crippen LogP contribution in [0.5, 0.6) is 5.75 Å². The standard InChI is InChI=1S/C21H15N5O4S/c27-16-9-30-15-4-3-11(6-14(15)24-16)7-23-20(29)18-25-19(28)17-13(10-31-21(17)26-18)12-2-1-5-22-8-12/h1-6,8,10H,7,9H2,(H,23,29)(H,24,27)(H,25,26,28). The van der Waals surface area contributed by atoms with Gasteiger partial charge in [0.15, 0.2) is 6.61 Å². The number of thiophene rings is 1. The van der Waals surface area contributed by atoms with E-state index in [0.717, 1.165) is 16.7 Å². The van der Waals surface area contributed by atoms with E-state index in [-0.39, 0.29) is 30.4 Å². The highest BCUT2D eigenvalue weighted by Crippen LogP contribution is 2.30. The predicted octanol–water partition coefficient (Wildman–Crippen LogP) is 2.31. The summed E-state index contributed by atoms with van der Waals surface area (Å²) in [5.41, 5.74) is 2.46. The third kappa shape index (κ3) is 3.64. The normalized spacial score (nSPS) is 12.7. The minimum atomic E-state index is -0.506.